The number of aliphatic hydroxyl groups is 1. The van der Waals surface area contributed by atoms with Crippen molar-refractivity contribution in [1.29, 1.82) is 0 Å². The highest BCUT2D eigenvalue weighted by molar-refractivity contribution is 6.32. The number of fused-ring (bicyclic) bond motifs is 1. The van der Waals surface area contributed by atoms with Crippen LogP contribution >= 0.6 is 11.6 Å². The SMILES string of the molecule is O=[N+]([O-])c1cc(-n2ccc3c2CCCC3O)ccc1Cl. The fourth-order valence-electron chi connectivity index (χ4n) is 2.70. The molecule has 5 nitrogen and oxygen atoms in total. The second-order valence-electron chi connectivity index (χ2n) is 4.89. The molecule has 0 saturated heterocycles. The van der Waals surface area contributed by atoms with E-state index in [0.29, 0.717) is 5.69 Å². The van der Waals surface area contributed by atoms with Crippen molar-refractivity contribution in [3.63, 3.8) is 0 Å². The van der Waals surface area contributed by atoms with Crippen LogP contribution in [0, 0.1) is 10.1 Å². The van der Waals surface area contributed by atoms with Crippen LogP contribution < -0.4 is 0 Å². The van der Waals surface area contributed by atoms with Gasteiger partial charge in [-0.25, -0.2) is 0 Å². The van der Waals surface area contributed by atoms with Crippen molar-refractivity contribution in [3.05, 3.63) is 56.9 Å². The third kappa shape index (κ3) is 2.09. The average molecular weight is 293 g/mol. The number of nitrogens with zero attached hydrogens (tertiary/aromatic N) is 2. The number of halogens is 1. The molecule has 0 amide bonds. The summed E-state index contributed by atoms with van der Waals surface area (Å²) in [6.07, 6.45) is 3.93. The molecule has 20 heavy (non-hydrogen) atoms. The Balaban J connectivity index is 2.10. The molecule has 0 saturated carbocycles. The summed E-state index contributed by atoms with van der Waals surface area (Å²) in [6, 6.07) is 6.61. The summed E-state index contributed by atoms with van der Waals surface area (Å²) in [4.78, 5) is 10.5. The van der Waals surface area contributed by atoms with Gasteiger partial charge in [0.05, 0.1) is 16.7 Å². The number of nitro benzene ring substituents is 1. The summed E-state index contributed by atoms with van der Waals surface area (Å²) in [5, 5.41) is 21.0. The Kier molecular flexibility index (Phi) is 3.23. The first-order chi connectivity index (χ1) is 9.58. The van der Waals surface area contributed by atoms with E-state index in [0.717, 1.165) is 30.5 Å². The molecule has 0 aliphatic heterocycles. The van der Waals surface area contributed by atoms with Crippen LogP contribution in [0.4, 0.5) is 5.69 Å². The summed E-state index contributed by atoms with van der Waals surface area (Å²) in [5.41, 5.74) is 2.51. The Bertz CT molecular complexity index is 681. The van der Waals surface area contributed by atoms with Crippen molar-refractivity contribution in [2.45, 2.75) is 25.4 Å². The number of nitro groups is 1. The summed E-state index contributed by atoms with van der Waals surface area (Å²) < 4.78 is 1.89. The maximum absolute atomic E-state index is 11.0. The second kappa shape index (κ2) is 4.92. The molecule has 0 bridgehead atoms. The smallest absolute Gasteiger partial charge is 0.289 e. The van der Waals surface area contributed by atoms with Crippen molar-refractivity contribution in [1.82, 2.24) is 4.57 Å². The highest BCUT2D eigenvalue weighted by atomic mass is 35.5. The summed E-state index contributed by atoms with van der Waals surface area (Å²) >= 11 is 5.83. The molecule has 1 aliphatic carbocycles. The first kappa shape index (κ1) is 13.1. The molecule has 0 spiro atoms. The molecular weight excluding hydrogens is 280 g/mol. The van der Waals surface area contributed by atoms with Gasteiger partial charge in [0, 0.05) is 23.5 Å². The third-order valence-electron chi connectivity index (χ3n) is 3.68. The van der Waals surface area contributed by atoms with Crippen molar-refractivity contribution in [2.75, 3.05) is 0 Å². The minimum Gasteiger partial charge on any atom is -0.388 e. The quantitative estimate of drug-likeness (QED) is 0.681. The predicted octanol–water partition coefficient (Wildman–Crippen LogP) is 3.41. The fraction of sp³-hybridized carbons (Fsp3) is 0.286. The van der Waals surface area contributed by atoms with Gasteiger partial charge in [-0.2, -0.15) is 0 Å². The molecule has 0 radical (unpaired) electrons. The average Bonchev–Trinajstić information content (AvgIpc) is 2.84. The van der Waals surface area contributed by atoms with E-state index in [9.17, 15) is 15.2 Å². The van der Waals surface area contributed by atoms with E-state index in [1.165, 1.54) is 12.1 Å². The lowest BCUT2D eigenvalue weighted by molar-refractivity contribution is -0.384. The van der Waals surface area contributed by atoms with E-state index in [1.807, 2.05) is 16.8 Å². The van der Waals surface area contributed by atoms with Gasteiger partial charge < -0.3 is 9.67 Å². The highest BCUT2D eigenvalue weighted by Crippen LogP contribution is 2.33. The maximum Gasteiger partial charge on any atom is 0.289 e. The van der Waals surface area contributed by atoms with E-state index in [-0.39, 0.29) is 10.7 Å². The molecule has 1 atom stereocenters. The fourth-order valence-corrected chi connectivity index (χ4v) is 2.89. The van der Waals surface area contributed by atoms with Gasteiger partial charge in [-0.1, -0.05) is 11.6 Å². The Morgan fingerprint density at radius 2 is 2.20 bits per heavy atom. The Labute approximate surface area is 120 Å². The summed E-state index contributed by atoms with van der Waals surface area (Å²) in [7, 11) is 0. The molecule has 6 heteroatoms. The zero-order chi connectivity index (χ0) is 14.3. The normalized spacial score (nSPS) is 17.8. The number of hydrogen-bond acceptors (Lipinski definition) is 3. The summed E-state index contributed by atoms with van der Waals surface area (Å²) in [6.45, 7) is 0. The number of hydrogen-bond donors (Lipinski definition) is 1. The van der Waals surface area contributed by atoms with E-state index < -0.39 is 11.0 Å². The number of aliphatic hydroxyl groups excluding tert-OH is 1. The number of benzene rings is 1. The topological polar surface area (TPSA) is 68.3 Å². The van der Waals surface area contributed by atoms with Gasteiger partial charge >= 0.3 is 0 Å². The number of rotatable bonds is 2. The van der Waals surface area contributed by atoms with E-state index in [1.54, 1.807) is 6.07 Å². The van der Waals surface area contributed by atoms with Crippen LogP contribution in [-0.4, -0.2) is 14.6 Å². The first-order valence-corrected chi connectivity index (χ1v) is 6.78. The van der Waals surface area contributed by atoms with E-state index in [4.69, 9.17) is 11.6 Å². The molecule has 2 aromatic rings. The molecule has 1 heterocycles. The van der Waals surface area contributed by atoms with Crippen molar-refractivity contribution >= 4 is 17.3 Å². The molecule has 3 rings (SSSR count). The van der Waals surface area contributed by atoms with Crippen LogP contribution in [0.3, 0.4) is 0 Å². The lowest BCUT2D eigenvalue weighted by Gasteiger charge is -2.20. The minimum atomic E-state index is -0.489. The van der Waals surface area contributed by atoms with Crippen LogP contribution in [0.2, 0.25) is 5.02 Å². The maximum atomic E-state index is 11.0. The zero-order valence-electron chi connectivity index (χ0n) is 10.6. The van der Waals surface area contributed by atoms with E-state index >= 15 is 0 Å². The molecule has 104 valence electrons. The minimum absolute atomic E-state index is 0.108. The molecule has 1 aliphatic rings. The van der Waals surface area contributed by atoms with Crippen LogP contribution in [0.25, 0.3) is 5.69 Å². The zero-order valence-corrected chi connectivity index (χ0v) is 11.4. The van der Waals surface area contributed by atoms with Crippen molar-refractivity contribution in [3.8, 4) is 5.69 Å². The standard InChI is InChI=1S/C14H13ClN2O3/c15-11-5-4-9(8-13(11)17(19)20)16-7-6-10-12(16)2-1-3-14(10)18/h4-8,14,18H,1-3H2. The Morgan fingerprint density at radius 1 is 1.40 bits per heavy atom. The lowest BCUT2D eigenvalue weighted by atomic mass is 9.95. The van der Waals surface area contributed by atoms with Crippen molar-refractivity contribution in [2.24, 2.45) is 0 Å². The van der Waals surface area contributed by atoms with Crippen LogP contribution in [-0.2, 0) is 6.42 Å². The molecule has 1 unspecified atom stereocenters. The van der Waals surface area contributed by atoms with Crippen LogP contribution in [0.15, 0.2) is 30.5 Å². The van der Waals surface area contributed by atoms with E-state index in [2.05, 4.69) is 0 Å². The molecule has 1 N–H and O–H groups in total. The van der Waals surface area contributed by atoms with Gasteiger partial charge in [-0.05, 0) is 37.5 Å². The summed E-state index contributed by atoms with van der Waals surface area (Å²) in [5.74, 6) is 0. The van der Waals surface area contributed by atoms with Crippen LogP contribution in [0.1, 0.15) is 30.2 Å². The van der Waals surface area contributed by atoms with Crippen LogP contribution in [0.5, 0.6) is 0 Å². The van der Waals surface area contributed by atoms with Gasteiger partial charge in [-0.3, -0.25) is 10.1 Å². The van der Waals surface area contributed by atoms with Gasteiger partial charge in [-0.15, -0.1) is 0 Å². The first-order valence-electron chi connectivity index (χ1n) is 6.40. The second-order valence-corrected chi connectivity index (χ2v) is 5.30. The monoisotopic (exact) mass is 292 g/mol. The Morgan fingerprint density at radius 3 is 2.95 bits per heavy atom. The van der Waals surface area contributed by atoms with Gasteiger partial charge in [0.15, 0.2) is 0 Å². The highest BCUT2D eigenvalue weighted by Gasteiger charge is 2.22. The lowest BCUT2D eigenvalue weighted by Crippen LogP contribution is -2.11. The van der Waals surface area contributed by atoms with Crippen molar-refractivity contribution < 1.29 is 10.0 Å². The van der Waals surface area contributed by atoms with Gasteiger partial charge in [0.2, 0.25) is 0 Å². The number of aromatic nitrogens is 1. The predicted molar refractivity (Wildman–Crippen MR) is 75.3 cm³/mol. The molecule has 0 fully saturated rings. The largest absolute Gasteiger partial charge is 0.388 e. The molecule has 1 aromatic heterocycles. The molecule has 1 aromatic carbocycles. The third-order valence-corrected chi connectivity index (χ3v) is 4.00. The van der Waals surface area contributed by atoms with Gasteiger partial charge in [0.25, 0.3) is 5.69 Å². The molecular formula is C14H13ClN2O3. The Hall–Kier alpha value is -1.85. The van der Waals surface area contributed by atoms with Gasteiger partial charge in [0.1, 0.15) is 5.02 Å².